The van der Waals surface area contributed by atoms with Crippen molar-refractivity contribution >= 4 is 33.3 Å². The van der Waals surface area contributed by atoms with Crippen molar-refractivity contribution < 1.29 is 9.53 Å². The van der Waals surface area contributed by atoms with Gasteiger partial charge < -0.3 is 4.74 Å². The summed E-state index contributed by atoms with van der Waals surface area (Å²) in [5.74, 6) is 0.924. The van der Waals surface area contributed by atoms with E-state index in [1.165, 1.54) is 0 Å². The van der Waals surface area contributed by atoms with Crippen LogP contribution >= 0.6 is 27.5 Å². The molecule has 0 aliphatic heterocycles. The van der Waals surface area contributed by atoms with Crippen LogP contribution in [0.1, 0.15) is 51.9 Å². The van der Waals surface area contributed by atoms with Crippen molar-refractivity contribution in [1.82, 2.24) is 0 Å². The predicted molar refractivity (Wildman–Crippen MR) is 109 cm³/mol. The Labute approximate surface area is 163 Å². The summed E-state index contributed by atoms with van der Waals surface area (Å²) < 4.78 is 6.01. The Morgan fingerprint density at radius 1 is 1.04 bits per heavy atom. The highest BCUT2D eigenvalue weighted by Gasteiger charge is 2.17. The minimum absolute atomic E-state index is 0.0178. The lowest BCUT2D eigenvalue weighted by atomic mass is 9.93. The van der Waals surface area contributed by atoms with Crippen LogP contribution in [0.15, 0.2) is 30.3 Å². The molecule has 2 aromatic rings. The number of ether oxygens (including phenoxy) is 1. The van der Waals surface area contributed by atoms with Crippen molar-refractivity contribution in [3.05, 3.63) is 63.2 Å². The number of aryl methyl sites for hydroxylation is 1. The quantitative estimate of drug-likeness (QED) is 0.277. The molecule has 2 aromatic carbocycles. The Morgan fingerprint density at radius 3 is 2.36 bits per heavy atom. The zero-order valence-corrected chi connectivity index (χ0v) is 17.3. The summed E-state index contributed by atoms with van der Waals surface area (Å²) in [6.45, 7) is 6.71. The van der Waals surface area contributed by atoms with Crippen molar-refractivity contribution in [2.24, 2.45) is 0 Å². The lowest BCUT2D eigenvalue weighted by molar-refractivity contribution is 0.103. The van der Waals surface area contributed by atoms with E-state index < -0.39 is 0 Å². The average Bonchev–Trinajstić information content (AvgIpc) is 2.60. The molecule has 0 radical (unpaired) electrons. The van der Waals surface area contributed by atoms with Gasteiger partial charge in [-0.2, -0.15) is 0 Å². The van der Waals surface area contributed by atoms with Gasteiger partial charge in [0.15, 0.2) is 5.78 Å². The maximum absolute atomic E-state index is 12.8. The van der Waals surface area contributed by atoms with Gasteiger partial charge in [0.05, 0.1) is 6.61 Å². The van der Waals surface area contributed by atoms with Gasteiger partial charge in [0, 0.05) is 21.5 Å². The first-order chi connectivity index (χ1) is 12.0. The number of unbranched alkanes of at least 4 members (excludes halogenated alkanes) is 2. The molecule has 0 heterocycles. The number of ketones is 1. The fourth-order valence-corrected chi connectivity index (χ4v) is 3.34. The third-order valence-corrected chi connectivity index (χ3v) is 5.21. The second kappa shape index (κ2) is 9.40. The molecular weight excluding hydrogens is 400 g/mol. The second-order valence-corrected chi connectivity index (χ2v) is 7.48. The SMILES string of the molecule is Cc1cc(C(=O)c2ccc(Cl)cc2)c(C)c(C)c1OCCCCCBr. The lowest BCUT2D eigenvalue weighted by Crippen LogP contribution is -2.08. The lowest BCUT2D eigenvalue weighted by Gasteiger charge is -2.17. The van der Waals surface area contributed by atoms with E-state index in [2.05, 4.69) is 15.9 Å². The fraction of sp³-hybridized carbons (Fsp3) is 0.381. The summed E-state index contributed by atoms with van der Waals surface area (Å²) in [6.07, 6.45) is 3.35. The van der Waals surface area contributed by atoms with Gasteiger partial charge in [0.25, 0.3) is 0 Å². The summed E-state index contributed by atoms with van der Waals surface area (Å²) >= 11 is 9.36. The van der Waals surface area contributed by atoms with Crippen molar-refractivity contribution in [2.45, 2.75) is 40.0 Å². The Hall–Kier alpha value is -1.32. The standard InChI is InChI=1S/C21H24BrClO2/c1-14-13-19(20(24)17-7-9-18(23)10-8-17)15(2)16(3)21(14)25-12-6-4-5-11-22/h7-10,13H,4-6,11-12H2,1-3H3. The molecule has 0 aromatic heterocycles. The Bertz CT molecular complexity index is 739. The molecule has 0 fully saturated rings. The molecule has 0 atom stereocenters. The second-order valence-electron chi connectivity index (χ2n) is 6.25. The van der Waals surface area contributed by atoms with Gasteiger partial charge in [-0.1, -0.05) is 27.5 Å². The minimum Gasteiger partial charge on any atom is -0.493 e. The molecule has 2 rings (SSSR count). The van der Waals surface area contributed by atoms with Gasteiger partial charge in [-0.15, -0.1) is 0 Å². The van der Waals surface area contributed by atoms with Crippen LogP contribution in [-0.4, -0.2) is 17.7 Å². The largest absolute Gasteiger partial charge is 0.493 e. The molecule has 0 saturated heterocycles. The number of hydrogen-bond acceptors (Lipinski definition) is 2. The number of rotatable bonds is 8. The van der Waals surface area contributed by atoms with Crippen LogP contribution in [0.4, 0.5) is 0 Å². The van der Waals surface area contributed by atoms with Crippen molar-refractivity contribution in [3.8, 4) is 5.75 Å². The molecule has 25 heavy (non-hydrogen) atoms. The molecule has 0 N–H and O–H groups in total. The minimum atomic E-state index is 0.0178. The van der Waals surface area contributed by atoms with E-state index in [0.717, 1.165) is 52.6 Å². The molecule has 0 spiro atoms. The zero-order chi connectivity index (χ0) is 18.4. The molecule has 0 aliphatic rings. The smallest absolute Gasteiger partial charge is 0.193 e. The van der Waals surface area contributed by atoms with Crippen LogP contribution in [0.3, 0.4) is 0 Å². The normalized spacial score (nSPS) is 10.8. The average molecular weight is 424 g/mol. The van der Waals surface area contributed by atoms with Gasteiger partial charge in [0.1, 0.15) is 5.75 Å². The van der Waals surface area contributed by atoms with Crippen LogP contribution in [-0.2, 0) is 0 Å². The molecule has 0 bridgehead atoms. The van der Waals surface area contributed by atoms with Gasteiger partial charge in [-0.3, -0.25) is 4.79 Å². The number of carbonyl (C=O) groups excluding carboxylic acids is 1. The molecule has 0 amide bonds. The van der Waals surface area contributed by atoms with E-state index in [9.17, 15) is 4.79 Å². The molecule has 0 aliphatic carbocycles. The third kappa shape index (κ3) is 5.08. The summed E-state index contributed by atoms with van der Waals surface area (Å²) in [5, 5.41) is 1.66. The molecule has 0 unspecified atom stereocenters. The van der Waals surface area contributed by atoms with E-state index in [4.69, 9.17) is 16.3 Å². The van der Waals surface area contributed by atoms with Crippen molar-refractivity contribution in [1.29, 1.82) is 0 Å². The van der Waals surface area contributed by atoms with Crippen LogP contribution in [0.5, 0.6) is 5.75 Å². The monoisotopic (exact) mass is 422 g/mol. The molecule has 4 heteroatoms. The summed E-state index contributed by atoms with van der Waals surface area (Å²) in [5.41, 5.74) is 4.39. The summed E-state index contributed by atoms with van der Waals surface area (Å²) in [6, 6.07) is 8.96. The summed E-state index contributed by atoms with van der Waals surface area (Å²) in [4.78, 5) is 12.8. The van der Waals surface area contributed by atoms with Crippen LogP contribution < -0.4 is 4.74 Å². The fourth-order valence-electron chi connectivity index (χ4n) is 2.82. The predicted octanol–water partition coefficient (Wildman–Crippen LogP) is 6.44. The van der Waals surface area contributed by atoms with Gasteiger partial charge >= 0.3 is 0 Å². The number of halogens is 2. The number of benzene rings is 2. The van der Waals surface area contributed by atoms with E-state index in [1.807, 2.05) is 26.8 Å². The Morgan fingerprint density at radius 2 is 1.72 bits per heavy atom. The highest BCUT2D eigenvalue weighted by atomic mass is 79.9. The van der Waals surface area contributed by atoms with Crippen LogP contribution in [0, 0.1) is 20.8 Å². The Balaban J connectivity index is 2.21. The van der Waals surface area contributed by atoms with E-state index in [-0.39, 0.29) is 5.78 Å². The third-order valence-electron chi connectivity index (χ3n) is 4.40. The number of alkyl halides is 1. The van der Waals surface area contributed by atoms with Gasteiger partial charge in [-0.25, -0.2) is 0 Å². The molecule has 134 valence electrons. The highest BCUT2D eigenvalue weighted by Crippen LogP contribution is 2.30. The topological polar surface area (TPSA) is 26.3 Å². The molecule has 2 nitrogen and oxygen atoms in total. The first-order valence-corrected chi connectivity index (χ1v) is 10.1. The maximum Gasteiger partial charge on any atom is 0.193 e. The maximum atomic E-state index is 12.8. The van der Waals surface area contributed by atoms with E-state index in [1.54, 1.807) is 24.3 Å². The van der Waals surface area contributed by atoms with Crippen molar-refractivity contribution in [2.75, 3.05) is 11.9 Å². The Kier molecular flexibility index (Phi) is 7.52. The first-order valence-electron chi connectivity index (χ1n) is 8.55. The van der Waals surface area contributed by atoms with E-state index in [0.29, 0.717) is 17.2 Å². The number of carbonyl (C=O) groups is 1. The van der Waals surface area contributed by atoms with Gasteiger partial charge in [0.2, 0.25) is 0 Å². The van der Waals surface area contributed by atoms with E-state index >= 15 is 0 Å². The molecular formula is C21H24BrClO2. The van der Waals surface area contributed by atoms with Crippen molar-refractivity contribution in [3.63, 3.8) is 0 Å². The van der Waals surface area contributed by atoms with Crippen LogP contribution in [0.2, 0.25) is 5.02 Å². The van der Waals surface area contributed by atoms with Crippen LogP contribution in [0.25, 0.3) is 0 Å². The zero-order valence-electron chi connectivity index (χ0n) is 15.0. The summed E-state index contributed by atoms with van der Waals surface area (Å²) in [7, 11) is 0. The van der Waals surface area contributed by atoms with Gasteiger partial charge in [-0.05, 0) is 87.1 Å². The highest BCUT2D eigenvalue weighted by molar-refractivity contribution is 9.09. The first kappa shape index (κ1) is 20.0. The number of hydrogen-bond donors (Lipinski definition) is 0. The molecule has 0 saturated carbocycles.